The van der Waals surface area contributed by atoms with Crippen LogP contribution in [0.5, 0.6) is 0 Å². The third kappa shape index (κ3) is 1.37. The van der Waals surface area contributed by atoms with Crippen molar-refractivity contribution < 1.29 is 0 Å². The Bertz CT molecular complexity index is 326. The van der Waals surface area contributed by atoms with E-state index in [1.165, 1.54) is 0 Å². The van der Waals surface area contributed by atoms with Crippen LogP contribution >= 0.6 is 0 Å². The van der Waals surface area contributed by atoms with Crippen LogP contribution in [0.2, 0.25) is 0 Å². The Morgan fingerprint density at radius 3 is 2.64 bits per heavy atom. The molecule has 3 N–H and O–H groups in total. The van der Waals surface area contributed by atoms with Crippen molar-refractivity contribution in [1.29, 1.82) is 0 Å². The van der Waals surface area contributed by atoms with Gasteiger partial charge in [-0.05, 0) is 26.7 Å². The van der Waals surface area contributed by atoms with Crippen LogP contribution in [0.25, 0.3) is 0 Å². The smallest absolute Gasteiger partial charge is 0.224 e. The van der Waals surface area contributed by atoms with E-state index in [1.54, 1.807) is 0 Å². The van der Waals surface area contributed by atoms with Gasteiger partial charge >= 0.3 is 0 Å². The fourth-order valence-electron chi connectivity index (χ4n) is 1.62. The Balaban J connectivity index is 2.32. The highest BCUT2D eigenvalue weighted by Gasteiger charge is 2.44. The van der Waals surface area contributed by atoms with Gasteiger partial charge in [-0.2, -0.15) is 0 Å². The zero-order valence-electron chi connectivity index (χ0n) is 8.75. The lowest BCUT2D eigenvalue weighted by atomic mass is 10.3. The number of anilines is 1. The molecule has 0 amide bonds. The van der Waals surface area contributed by atoms with Crippen molar-refractivity contribution in [3.8, 4) is 0 Å². The van der Waals surface area contributed by atoms with Gasteiger partial charge in [0.25, 0.3) is 0 Å². The predicted molar refractivity (Wildman–Crippen MR) is 55.0 cm³/mol. The van der Waals surface area contributed by atoms with Crippen LogP contribution in [0.4, 0.5) is 5.95 Å². The molecule has 2 rings (SSSR count). The Morgan fingerprint density at radius 1 is 1.43 bits per heavy atom. The van der Waals surface area contributed by atoms with Crippen LogP contribution in [0, 0.1) is 0 Å². The summed E-state index contributed by atoms with van der Waals surface area (Å²) in [5, 5.41) is 11.5. The standard InChI is InChI=1S/C9H17N5/c1-3-11-8-13-12-7(14(8)4-2)9(10)5-6-9/h3-6,10H2,1-2H3,(H,11,13). The van der Waals surface area contributed by atoms with E-state index in [2.05, 4.69) is 27.0 Å². The molecule has 0 aliphatic heterocycles. The molecule has 1 saturated carbocycles. The Labute approximate surface area is 83.7 Å². The molecule has 0 radical (unpaired) electrons. The zero-order valence-corrected chi connectivity index (χ0v) is 8.75. The normalized spacial score (nSPS) is 18.2. The Hall–Kier alpha value is -1.10. The van der Waals surface area contributed by atoms with Crippen LogP contribution in [0.15, 0.2) is 0 Å². The van der Waals surface area contributed by atoms with Crippen molar-refractivity contribution in [3.63, 3.8) is 0 Å². The molecule has 1 aliphatic rings. The first kappa shape index (κ1) is 9.45. The topological polar surface area (TPSA) is 68.8 Å². The average molecular weight is 195 g/mol. The molecule has 1 aromatic heterocycles. The fraction of sp³-hybridized carbons (Fsp3) is 0.778. The molecule has 5 nitrogen and oxygen atoms in total. The molecule has 1 aromatic rings. The monoisotopic (exact) mass is 195 g/mol. The van der Waals surface area contributed by atoms with E-state index in [0.717, 1.165) is 37.7 Å². The van der Waals surface area contributed by atoms with Gasteiger partial charge in [0.15, 0.2) is 5.82 Å². The summed E-state index contributed by atoms with van der Waals surface area (Å²) in [5.41, 5.74) is 5.90. The summed E-state index contributed by atoms with van der Waals surface area (Å²) >= 11 is 0. The molecule has 78 valence electrons. The van der Waals surface area contributed by atoms with Crippen LogP contribution < -0.4 is 11.1 Å². The second-order valence-electron chi connectivity index (χ2n) is 3.78. The summed E-state index contributed by atoms with van der Waals surface area (Å²) < 4.78 is 2.07. The quantitative estimate of drug-likeness (QED) is 0.741. The lowest BCUT2D eigenvalue weighted by Gasteiger charge is -2.11. The number of nitrogens with two attached hydrogens (primary N) is 1. The summed E-state index contributed by atoms with van der Waals surface area (Å²) in [7, 11) is 0. The average Bonchev–Trinajstić information content (AvgIpc) is 2.79. The number of hydrogen-bond donors (Lipinski definition) is 2. The van der Waals surface area contributed by atoms with Gasteiger partial charge in [-0.3, -0.25) is 4.57 Å². The first-order valence-electron chi connectivity index (χ1n) is 5.17. The van der Waals surface area contributed by atoms with Crippen LogP contribution in [0.3, 0.4) is 0 Å². The van der Waals surface area contributed by atoms with Gasteiger partial charge in [-0.1, -0.05) is 0 Å². The lowest BCUT2D eigenvalue weighted by molar-refractivity contribution is 0.597. The van der Waals surface area contributed by atoms with E-state index in [1.807, 2.05) is 6.92 Å². The first-order chi connectivity index (χ1) is 6.71. The highest BCUT2D eigenvalue weighted by Crippen LogP contribution is 2.42. The molecule has 0 unspecified atom stereocenters. The molecule has 1 aliphatic carbocycles. The maximum atomic E-state index is 6.10. The van der Waals surface area contributed by atoms with Gasteiger partial charge in [-0.25, -0.2) is 0 Å². The molecule has 0 bridgehead atoms. The molecule has 1 fully saturated rings. The third-order valence-electron chi connectivity index (χ3n) is 2.64. The molecule has 0 spiro atoms. The van der Waals surface area contributed by atoms with Gasteiger partial charge < -0.3 is 11.1 Å². The maximum Gasteiger partial charge on any atom is 0.224 e. The van der Waals surface area contributed by atoms with Crippen molar-refractivity contribution in [1.82, 2.24) is 14.8 Å². The molecule has 1 heterocycles. The minimum Gasteiger partial charge on any atom is -0.355 e. The summed E-state index contributed by atoms with van der Waals surface area (Å²) in [5.74, 6) is 1.76. The molecule has 0 aromatic carbocycles. The largest absolute Gasteiger partial charge is 0.355 e. The highest BCUT2D eigenvalue weighted by atomic mass is 15.4. The number of nitrogens with zero attached hydrogens (tertiary/aromatic N) is 3. The fourth-order valence-corrected chi connectivity index (χ4v) is 1.62. The first-order valence-corrected chi connectivity index (χ1v) is 5.17. The zero-order chi connectivity index (χ0) is 10.2. The Kier molecular flexibility index (Phi) is 2.19. The van der Waals surface area contributed by atoms with Crippen molar-refractivity contribution in [2.45, 2.75) is 38.8 Å². The number of aromatic nitrogens is 3. The second kappa shape index (κ2) is 3.24. The van der Waals surface area contributed by atoms with E-state index < -0.39 is 0 Å². The van der Waals surface area contributed by atoms with Gasteiger partial charge in [0.05, 0.1) is 5.54 Å². The minimum absolute atomic E-state index is 0.198. The minimum atomic E-state index is -0.198. The van der Waals surface area contributed by atoms with Gasteiger partial charge in [0.1, 0.15) is 0 Å². The molecule has 5 heteroatoms. The summed E-state index contributed by atoms with van der Waals surface area (Å²) in [6.45, 7) is 5.85. The van der Waals surface area contributed by atoms with E-state index in [9.17, 15) is 0 Å². The van der Waals surface area contributed by atoms with Gasteiger partial charge in [0, 0.05) is 13.1 Å². The molecular weight excluding hydrogens is 178 g/mol. The molecular formula is C9H17N5. The predicted octanol–water partition coefficient (Wildman–Crippen LogP) is 0.678. The van der Waals surface area contributed by atoms with Gasteiger partial charge in [0.2, 0.25) is 5.95 Å². The van der Waals surface area contributed by atoms with E-state index in [0.29, 0.717) is 0 Å². The van der Waals surface area contributed by atoms with Crippen molar-refractivity contribution in [3.05, 3.63) is 5.82 Å². The highest BCUT2D eigenvalue weighted by molar-refractivity contribution is 5.29. The van der Waals surface area contributed by atoms with Crippen molar-refractivity contribution >= 4 is 5.95 Å². The molecule has 0 saturated heterocycles. The van der Waals surface area contributed by atoms with E-state index in [-0.39, 0.29) is 5.54 Å². The van der Waals surface area contributed by atoms with Crippen LogP contribution in [0.1, 0.15) is 32.5 Å². The summed E-state index contributed by atoms with van der Waals surface area (Å²) in [6.07, 6.45) is 2.05. The second-order valence-corrected chi connectivity index (χ2v) is 3.78. The third-order valence-corrected chi connectivity index (χ3v) is 2.64. The molecule has 0 atom stereocenters. The maximum absolute atomic E-state index is 6.10. The van der Waals surface area contributed by atoms with E-state index in [4.69, 9.17) is 5.73 Å². The van der Waals surface area contributed by atoms with Gasteiger partial charge in [-0.15, -0.1) is 10.2 Å². The number of rotatable bonds is 4. The Morgan fingerprint density at radius 2 is 2.14 bits per heavy atom. The summed E-state index contributed by atoms with van der Waals surface area (Å²) in [4.78, 5) is 0. The van der Waals surface area contributed by atoms with Crippen molar-refractivity contribution in [2.75, 3.05) is 11.9 Å². The van der Waals surface area contributed by atoms with Crippen LogP contribution in [-0.4, -0.2) is 21.3 Å². The van der Waals surface area contributed by atoms with E-state index >= 15 is 0 Å². The number of hydrogen-bond acceptors (Lipinski definition) is 4. The number of nitrogens with one attached hydrogen (secondary N) is 1. The van der Waals surface area contributed by atoms with Crippen LogP contribution in [-0.2, 0) is 12.1 Å². The lowest BCUT2D eigenvalue weighted by Crippen LogP contribution is -2.24. The molecule has 14 heavy (non-hydrogen) atoms. The SMILES string of the molecule is CCNc1nnc(C2(N)CC2)n1CC. The van der Waals surface area contributed by atoms with Crippen molar-refractivity contribution in [2.24, 2.45) is 5.73 Å². The summed E-state index contributed by atoms with van der Waals surface area (Å²) in [6, 6.07) is 0.